The SMILES string of the molecule is CCC(C)(CO)C(=O)N1CCC2(CCC(O)CC2)CC1. The number of hydrogen-bond donors (Lipinski definition) is 2. The van der Waals surface area contributed by atoms with Gasteiger partial charge in [0, 0.05) is 13.1 Å². The monoisotopic (exact) mass is 283 g/mol. The van der Waals surface area contributed by atoms with Crippen molar-refractivity contribution in [2.75, 3.05) is 19.7 Å². The van der Waals surface area contributed by atoms with Crippen LogP contribution in [0.25, 0.3) is 0 Å². The number of piperidine rings is 1. The molecule has 2 fully saturated rings. The van der Waals surface area contributed by atoms with E-state index >= 15 is 0 Å². The minimum absolute atomic E-state index is 0.0732. The summed E-state index contributed by atoms with van der Waals surface area (Å²) >= 11 is 0. The number of carbonyl (C=O) groups is 1. The van der Waals surface area contributed by atoms with Gasteiger partial charge in [-0.2, -0.15) is 0 Å². The van der Waals surface area contributed by atoms with E-state index in [0.717, 1.165) is 51.6 Å². The van der Waals surface area contributed by atoms with Crippen LogP contribution in [0, 0.1) is 10.8 Å². The highest BCUT2D eigenvalue weighted by atomic mass is 16.3. The zero-order chi connectivity index (χ0) is 14.8. The summed E-state index contributed by atoms with van der Waals surface area (Å²) in [4.78, 5) is 14.5. The molecule has 0 bridgehead atoms. The van der Waals surface area contributed by atoms with E-state index in [2.05, 4.69) is 0 Å². The first-order valence-corrected chi connectivity index (χ1v) is 8.03. The Hall–Kier alpha value is -0.610. The van der Waals surface area contributed by atoms with Crippen molar-refractivity contribution in [3.05, 3.63) is 0 Å². The van der Waals surface area contributed by atoms with Crippen LogP contribution in [0.4, 0.5) is 0 Å². The molecule has 4 heteroatoms. The maximum atomic E-state index is 12.5. The van der Waals surface area contributed by atoms with Gasteiger partial charge in [0.1, 0.15) is 0 Å². The normalized spacial score (nSPS) is 26.5. The van der Waals surface area contributed by atoms with Gasteiger partial charge in [-0.25, -0.2) is 0 Å². The molecule has 1 atom stereocenters. The second-order valence-electron chi connectivity index (χ2n) is 7.10. The summed E-state index contributed by atoms with van der Waals surface area (Å²) < 4.78 is 0. The summed E-state index contributed by atoms with van der Waals surface area (Å²) in [5, 5.41) is 19.1. The summed E-state index contributed by atoms with van der Waals surface area (Å²) in [5.74, 6) is 0.105. The Morgan fingerprint density at radius 2 is 1.80 bits per heavy atom. The molecule has 2 aliphatic rings. The fourth-order valence-electron chi connectivity index (χ4n) is 3.61. The number of carbonyl (C=O) groups excluding carboxylic acids is 1. The van der Waals surface area contributed by atoms with E-state index in [1.165, 1.54) is 0 Å². The number of likely N-dealkylation sites (tertiary alicyclic amines) is 1. The van der Waals surface area contributed by atoms with Crippen molar-refractivity contribution in [1.29, 1.82) is 0 Å². The highest BCUT2D eigenvalue weighted by Crippen LogP contribution is 2.45. The third kappa shape index (κ3) is 3.01. The molecular formula is C16H29NO3. The predicted molar refractivity (Wildman–Crippen MR) is 78.2 cm³/mol. The minimum Gasteiger partial charge on any atom is -0.395 e. The van der Waals surface area contributed by atoms with Gasteiger partial charge in [-0.05, 0) is 57.3 Å². The van der Waals surface area contributed by atoms with Gasteiger partial charge < -0.3 is 15.1 Å². The average Bonchev–Trinajstić information content (AvgIpc) is 2.50. The molecule has 2 rings (SSSR count). The van der Waals surface area contributed by atoms with E-state index < -0.39 is 5.41 Å². The van der Waals surface area contributed by atoms with Crippen molar-refractivity contribution in [2.45, 2.75) is 64.9 Å². The van der Waals surface area contributed by atoms with E-state index in [-0.39, 0.29) is 18.6 Å². The van der Waals surface area contributed by atoms with E-state index in [1.54, 1.807) is 0 Å². The third-order valence-electron chi connectivity index (χ3n) is 5.77. The number of nitrogens with zero attached hydrogens (tertiary/aromatic N) is 1. The molecule has 116 valence electrons. The Morgan fingerprint density at radius 1 is 1.25 bits per heavy atom. The van der Waals surface area contributed by atoms with Crippen molar-refractivity contribution in [3.63, 3.8) is 0 Å². The summed E-state index contributed by atoms with van der Waals surface area (Å²) in [6.07, 6.45) is 6.69. The lowest BCUT2D eigenvalue weighted by Gasteiger charge is -2.46. The Kier molecular flexibility index (Phi) is 4.75. The Labute approximate surface area is 122 Å². The molecule has 0 aromatic heterocycles. The van der Waals surface area contributed by atoms with Crippen LogP contribution < -0.4 is 0 Å². The standard InChI is InChI=1S/C16H29NO3/c1-3-15(2,12-18)14(20)17-10-8-16(9-11-17)6-4-13(19)5-7-16/h13,18-19H,3-12H2,1-2H3. The number of amides is 1. The molecule has 1 saturated carbocycles. The van der Waals surface area contributed by atoms with Crippen molar-refractivity contribution in [3.8, 4) is 0 Å². The summed E-state index contributed by atoms with van der Waals surface area (Å²) in [6, 6.07) is 0. The van der Waals surface area contributed by atoms with Crippen molar-refractivity contribution >= 4 is 5.91 Å². The molecule has 1 amide bonds. The van der Waals surface area contributed by atoms with Gasteiger partial charge in [0.15, 0.2) is 0 Å². The number of hydrogen-bond acceptors (Lipinski definition) is 3. The Balaban J connectivity index is 1.93. The molecule has 1 saturated heterocycles. The van der Waals surface area contributed by atoms with Gasteiger partial charge in [-0.15, -0.1) is 0 Å². The zero-order valence-electron chi connectivity index (χ0n) is 12.9. The van der Waals surface area contributed by atoms with Gasteiger partial charge in [0.05, 0.1) is 18.1 Å². The van der Waals surface area contributed by atoms with E-state index in [0.29, 0.717) is 11.8 Å². The van der Waals surface area contributed by atoms with Crippen LogP contribution in [0.1, 0.15) is 58.8 Å². The van der Waals surface area contributed by atoms with Crippen LogP contribution in [-0.2, 0) is 4.79 Å². The number of aliphatic hydroxyl groups is 2. The van der Waals surface area contributed by atoms with Gasteiger partial charge in [-0.1, -0.05) is 6.92 Å². The highest BCUT2D eigenvalue weighted by molar-refractivity contribution is 5.82. The Bertz CT molecular complexity index is 334. The molecule has 20 heavy (non-hydrogen) atoms. The molecule has 1 aliphatic carbocycles. The van der Waals surface area contributed by atoms with Crippen LogP contribution in [0.5, 0.6) is 0 Å². The average molecular weight is 283 g/mol. The Morgan fingerprint density at radius 3 is 2.25 bits per heavy atom. The summed E-state index contributed by atoms with van der Waals surface area (Å²) in [6.45, 7) is 5.37. The maximum absolute atomic E-state index is 12.5. The number of aliphatic hydroxyl groups excluding tert-OH is 2. The summed E-state index contributed by atoms with van der Waals surface area (Å²) in [5.41, 5.74) is -0.259. The zero-order valence-corrected chi connectivity index (χ0v) is 12.9. The number of rotatable bonds is 3. The fraction of sp³-hybridized carbons (Fsp3) is 0.938. The lowest BCUT2D eigenvalue weighted by atomic mass is 9.67. The van der Waals surface area contributed by atoms with Crippen LogP contribution in [0.2, 0.25) is 0 Å². The minimum atomic E-state index is -0.618. The topological polar surface area (TPSA) is 60.8 Å². The second-order valence-corrected chi connectivity index (χ2v) is 7.10. The first-order chi connectivity index (χ1) is 9.45. The molecule has 0 aromatic carbocycles. The highest BCUT2D eigenvalue weighted by Gasteiger charge is 2.41. The van der Waals surface area contributed by atoms with E-state index in [1.807, 2.05) is 18.7 Å². The maximum Gasteiger partial charge on any atom is 0.230 e. The quantitative estimate of drug-likeness (QED) is 0.832. The van der Waals surface area contributed by atoms with Crippen molar-refractivity contribution in [2.24, 2.45) is 10.8 Å². The molecule has 1 heterocycles. The van der Waals surface area contributed by atoms with Gasteiger partial charge in [-0.3, -0.25) is 4.79 Å². The lowest BCUT2D eigenvalue weighted by molar-refractivity contribution is -0.146. The predicted octanol–water partition coefficient (Wildman–Crippen LogP) is 1.94. The largest absolute Gasteiger partial charge is 0.395 e. The molecule has 0 radical (unpaired) electrons. The van der Waals surface area contributed by atoms with E-state index in [4.69, 9.17) is 0 Å². The van der Waals surface area contributed by atoms with Crippen LogP contribution >= 0.6 is 0 Å². The van der Waals surface area contributed by atoms with Gasteiger partial charge >= 0.3 is 0 Å². The molecule has 1 spiro atoms. The first kappa shape index (κ1) is 15.8. The van der Waals surface area contributed by atoms with Gasteiger partial charge in [0.2, 0.25) is 5.91 Å². The smallest absolute Gasteiger partial charge is 0.230 e. The molecule has 1 aliphatic heterocycles. The van der Waals surface area contributed by atoms with Crippen LogP contribution in [0.15, 0.2) is 0 Å². The first-order valence-electron chi connectivity index (χ1n) is 8.03. The summed E-state index contributed by atoms with van der Waals surface area (Å²) in [7, 11) is 0. The molecule has 0 aromatic rings. The molecule has 2 N–H and O–H groups in total. The third-order valence-corrected chi connectivity index (χ3v) is 5.77. The molecular weight excluding hydrogens is 254 g/mol. The fourth-order valence-corrected chi connectivity index (χ4v) is 3.61. The van der Waals surface area contributed by atoms with E-state index in [9.17, 15) is 15.0 Å². The second kappa shape index (κ2) is 6.02. The van der Waals surface area contributed by atoms with Crippen LogP contribution in [-0.4, -0.2) is 46.8 Å². The van der Waals surface area contributed by atoms with Crippen LogP contribution in [0.3, 0.4) is 0 Å². The molecule has 1 unspecified atom stereocenters. The van der Waals surface area contributed by atoms with Crippen molar-refractivity contribution < 1.29 is 15.0 Å². The van der Waals surface area contributed by atoms with Gasteiger partial charge in [0.25, 0.3) is 0 Å². The molecule has 4 nitrogen and oxygen atoms in total. The van der Waals surface area contributed by atoms with Crippen molar-refractivity contribution in [1.82, 2.24) is 4.90 Å². The lowest BCUT2D eigenvalue weighted by Crippen LogP contribution is -2.50.